The van der Waals surface area contributed by atoms with Gasteiger partial charge in [0.1, 0.15) is 0 Å². The molecule has 2 rings (SSSR count). The Hall–Kier alpha value is 0.640. The first kappa shape index (κ1) is 28.9. The molecule has 2 aliphatic rings. The van der Waals surface area contributed by atoms with Gasteiger partial charge < -0.3 is 0 Å². The van der Waals surface area contributed by atoms with Crippen LogP contribution in [0.15, 0.2) is 46.6 Å². The molecule has 0 saturated carbocycles. The van der Waals surface area contributed by atoms with Crippen molar-refractivity contribution in [2.75, 3.05) is 0 Å². The van der Waals surface area contributed by atoms with Gasteiger partial charge in [-0.1, -0.05) is 0 Å². The number of allylic oxidation sites excluding steroid dienone is 8. The van der Waals surface area contributed by atoms with E-state index in [1.54, 1.807) is 0 Å². The Labute approximate surface area is 208 Å². The van der Waals surface area contributed by atoms with E-state index in [1.807, 2.05) is 0 Å². The second-order valence-corrected chi connectivity index (χ2v) is 57.5. The third-order valence-corrected chi connectivity index (χ3v) is 59.7. The van der Waals surface area contributed by atoms with Crippen LogP contribution < -0.4 is 0 Å². The van der Waals surface area contributed by atoms with Gasteiger partial charge in [0, 0.05) is 0 Å². The maximum atomic E-state index is 8.24. The Morgan fingerprint density at radius 3 is 1.06 bits per heavy atom. The summed E-state index contributed by atoms with van der Waals surface area (Å²) in [6.45, 7) is 32.7. The van der Waals surface area contributed by atoms with E-state index in [0.29, 0.717) is 0 Å². The molecule has 0 nitrogen and oxygen atoms in total. The monoisotopic (exact) mass is 573 g/mol. The molecule has 2 unspecified atom stereocenters. The minimum atomic E-state index is -4.46. The summed E-state index contributed by atoms with van der Waals surface area (Å²) in [4.78, 5) is 0. The predicted molar refractivity (Wildman–Crippen MR) is 148 cm³/mol. The van der Waals surface area contributed by atoms with Crippen LogP contribution in [0.2, 0.25) is 20.3 Å². The number of halogens is 2. The van der Waals surface area contributed by atoms with Crippen LogP contribution in [0.1, 0.15) is 83.1 Å². The predicted octanol–water partition coefficient (Wildman–Crippen LogP) is 10.5. The van der Waals surface area contributed by atoms with Gasteiger partial charge >= 0.3 is 210 Å². The molecular formula is C28H49Cl2SiZr. The van der Waals surface area contributed by atoms with Gasteiger partial charge in [0.25, 0.3) is 0 Å². The first-order valence-electron chi connectivity index (χ1n) is 12.4. The molecule has 0 spiro atoms. The molecule has 0 aromatic rings. The first-order valence-corrected chi connectivity index (χ1v) is 28.7. The van der Waals surface area contributed by atoms with Crippen molar-refractivity contribution in [2.45, 2.75) is 103 Å². The van der Waals surface area contributed by atoms with E-state index in [4.69, 9.17) is 17.0 Å². The zero-order valence-corrected chi connectivity index (χ0v) is 28.4. The summed E-state index contributed by atoms with van der Waals surface area (Å²) in [6, 6.07) is 0. The summed E-state index contributed by atoms with van der Waals surface area (Å²) in [7, 11) is 16.5. The van der Waals surface area contributed by atoms with Crippen LogP contribution in [-0.2, 0) is 15.6 Å². The van der Waals surface area contributed by atoms with E-state index in [2.05, 4.69) is 120 Å². The number of hydrogen-bond donors (Lipinski definition) is 0. The second-order valence-electron chi connectivity index (χ2n) is 14.8. The number of hydrogen-bond acceptors (Lipinski definition) is 0. The van der Waals surface area contributed by atoms with Crippen LogP contribution >= 0.6 is 17.0 Å². The molecule has 0 aliphatic heterocycles. The van der Waals surface area contributed by atoms with Crippen LogP contribution in [0.4, 0.5) is 0 Å². The Morgan fingerprint density at radius 2 is 0.875 bits per heavy atom. The zero-order chi connectivity index (χ0) is 25.3. The fourth-order valence-electron chi connectivity index (χ4n) is 5.27. The third-order valence-electron chi connectivity index (χ3n) is 7.74. The quantitative estimate of drug-likeness (QED) is 0.294. The van der Waals surface area contributed by atoms with Crippen molar-refractivity contribution in [2.24, 2.45) is 21.7 Å². The van der Waals surface area contributed by atoms with E-state index in [-0.39, 0.29) is 28.9 Å². The fraction of sp³-hybridized carbons (Fsp3) is 0.714. The molecule has 183 valence electrons. The topological polar surface area (TPSA) is 0 Å². The Morgan fingerprint density at radius 1 is 0.594 bits per heavy atom. The standard InChI is InChI=1S/2C13H21.C2H7Si.2ClH.Zr/c2*1-12(2,3)10-7-8-11(9-10)13(4,5)6;1-3-2;;;/h2*7-9H,1-6H3;3H,1-2H3;2*1H;/q;;;;;+2/p-2. The minimum absolute atomic E-state index is 0.0388. The average molecular weight is 576 g/mol. The molecule has 0 saturated heterocycles. The molecule has 0 aromatic carbocycles. The van der Waals surface area contributed by atoms with Gasteiger partial charge in [-0.05, 0) is 0 Å². The van der Waals surface area contributed by atoms with Crippen molar-refractivity contribution in [3.63, 3.8) is 0 Å². The van der Waals surface area contributed by atoms with Gasteiger partial charge in [0.05, 0.1) is 0 Å². The molecule has 0 bridgehead atoms. The molecule has 0 fully saturated rings. The molecular weight excluding hydrogens is 527 g/mol. The van der Waals surface area contributed by atoms with E-state index < -0.39 is 21.5 Å². The van der Waals surface area contributed by atoms with Crippen molar-refractivity contribution in [3.8, 4) is 0 Å². The fourth-order valence-corrected chi connectivity index (χ4v) is 33.7. The second kappa shape index (κ2) is 8.35. The van der Waals surface area contributed by atoms with E-state index in [0.717, 1.165) is 0 Å². The van der Waals surface area contributed by atoms with Gasteiger partial charge in [0.15, 0.2) is 0 Å². The van der Waals surface area contributed by atoms with Crippen LogP contribution in [-0.4, -0.2) is 5.92 Å². The van der Waals surface area contributed by atoms with Gasteiger partial charge in [-0.25, -0.2) is 0 Å². The molecule has 32 heavy (non-hydrogen) atoms. The normalized spacial score (nSPS) is 24.7. The summed E-state index contributed by atoms with van der Waals surface area (Å²) in [5, 5.41) is 0. The van der Waals surface area contributed by atoms with E-state index in [9.17, 15) is 0 Å². The average Bonchev–Trinajstić information content (AvgIpc) is 3.19. The summed E-state index contributed by atoms with van der Waals surface area (Å²) < 4.78 is 0.402. The number of rotatable bonds is 3. The molecule has 4 heteroatoms. The summed E-state index contributed by atoms with van der Waals surface area (Å²) in [5.41, 5.74) is 5.99. The van der Waals surface area contributed by atoms with Crippen molar-refractivity contribution < 1.29 is 15.6 Å². The van der Waals surface area contributed by atoms with Crippen molar-refractivity contribution in [3.05, 3.63) is 46.6 Å². The molecule has 0 aromatic heterocycles. The zero-order valence-electron chi connectivity index (χ0n) is 23.3. The third kappa shape index (κ3) is 5.10. The van der Waals surface area contributed by atoms with Crippen LogP contribution in [0.25, 0.3) is 0 Å². The van der Waals surface area contributed by atoms with Crippen molar-refractivity contribution >= 4 is 22.9 Å². The van der Waals surface area contributed by atoms with Gasteiger partial charge in [-0.15, -0.1) is 0 Å². The van der Waals surface area contributed by atoms with Crippen molar-refractivity contribution in [1.29, 1.82) is 0 Å². The molecule has 0 amide bonds. The summed E-state index contributed by atoms with van der Waals surface area (Å²) in [6.07, 6.45) is 9.96. The Kier molecular flexibility index (Phi) is 7.54. The molecule has 0 radical (unpaired) electrons. The Bertz CT molecular complexity index is 820. The first-order chi connectivity index (χ1) is 13.9. The molecule has 0 heterocycles. The summed E-state index contributed by atoms with van der Waals surface area (Å²) in [5.74, 6) is -1.44. The van der Waals surface area contributed by atoms with Crippen LogP contribution in [0.5, 0.6) is 0 Å². The van der Waals surface area contributed by atoms with E-state index >= 15 is 0 Å². The van der Waals surface area contributed by atoms with Crippen molar-refractivity contribution in [1.82, 2.24) is 0 Å². The van der Waals surface area contributed by atoms with Gasteiger partial charge in [-0.3, -0.25) is 0 Å². The van der Waals surface area contributed by atoms with Gasteiger partial charge in [0.2, 0.25) is 0 Å². The van der Waals surface area contributed by atoms with Gasteiger partial charge in [-0.2, -0.15) is 0 Å². The Balaban J connectivity index is 2.89. The van der Waals surface area contributed by atoms with E-state index in [1.165, 1.54) is 22.3 Å². The van der Waals surface area contributed by atoms with Crippen LogP contribution in [0.3, 0.4) is 0 Å². The summed E-state index contributed by atoms with van der Waals surface area (Å²) >= 11 is -4.46. The molecule has 2 aliphatic carbocycles. The van der Waals surface area contributed by atoms with Crippen LogP contribution in [0, 0.1) is 21.7 Å². The SMILES string of the molecule is C[SiH](C)[Zr]([Cl])([Cl])([CH]1C=C(C(C)(C)C)C=C1C(C)(C)C)[CH]1C=C(C(C)(C)C)C=C1C(C)(C)C. The molecule has 0 N–H and O–H groups in total. The maximum absolute atomic E-state index is 8.24. The molecule has 2 atom stereocenters.